The monoisotopic (exact) mass is 372 g/mol. The normalized spacial score (nSPS) is 12.5. The molecule has 0 heterocycles. The van der Waals surface area contributed by atoms with Crippen molar-refractivity contribution in [2.24, 2.45) is 0 Å². The molecule has 26 heavy (non-hydrogen) atoms. The Morgan fingerprint density at radius 1 is 1.00 bits per heavy atom. The summed E-state index contributed by atoms with van der Waals surface area (Å²) in [5, 5.41) is 5.07. The van der Waals surface area contributed by atoms with E-state index in [-0.39, 0.29) is 19.6 Å². The molecular weight excluding hydrogens is 340 g/mol. The van der Waals surface area contributed by atoms with Crippen LogP contribution < -0.4 is 10.6 Å². The van der Waals surface area contributed by atoms with Gasteiger partial charge < -0.3 is 24.8 Å². The first kappa shape index (κ1) is 23.8. The van der Waals surface area contributed by atoms with Crippen LogP contribution >= 0.6 is 0 Å². The zero-order valence-electron chi connectivity index (χ0n) is 16.6. The minimum Gasteiger partial charge on any atom is -0.458 e. The summed E-state index contributed by atoms with van der Waals surface area (Å²) in [6.45, 7) is 14.3. The van der Waals surface area contributed by atoms with E-state index in [0.717, 1.165) is 0 Å². The van der Waals surface area contributed by atoms with Gasteiger partial charge in [-0.25, -0.2) is 14.4 Å². The summed E-state index contributed by atoms with van der Waals surface area (Å²) >= 11 is 0. The lowest BCUT2D eigenvalue weighted by atomic mass is 10.1. The van der Waals surface area contributed by atoms with E-state index in [2.05, 4.69) is 17.2 Å². The van der Waals surface area contributed by atoms with Gasteiger partial charge in [0.1, 0.15) is 23.9 Å². The molecule has 0 fully saturated rings. The van der Waals surface area contributed by atoms with Gasteiger partial charge in [0.05, 0.1) is 0 Å². The fourth-order valence-corrected chi connectivity index (χ4v) is 1.75. The van der Waals surface area contributed by atoms with Gasteiger partial charge in [0.2, 0.25) is 0 Å². The largest absolute Gasteiger partial charge is 0.458 e. The molecule has 2 N–H and O–H groups in total. The van der Waals surface area contributed by atoms with Gasteiger partial charge in [-0.15, -0.1) is 0 Å². The molecule has 0 rings (SSSR count). The highest BCUT2D eigenvalue weighted by atomic mass is 16.6. The van der Waals surface area contributed by atoms with Gasteiger partial charge in [0, 0.05) is 6.54 Å². The Morgan fingerprint density at radius 3 is 2.08 bits per heavy atom. The molecule has 0 saturated heterocycles. The third-order valence-electron chi connectivity index (χ3n) is 2.65. The van der Waals surface area contributed by atoms with Crippen molar-refractivity contribution >= 4 is 18.2 Å². The lowest BCUT2D eigenvalue weighted by molar-refractivity contribution is -0.157. The number of alkyl carbamates (subject to hydrolysis) is 2. The number of esters is 1. The van der Waals surface area contributed by atoms with Crippen LogP contribution in [0.2, 0.25) is 0 Å². The highest BCUT2D eigenvalue weighted by molar-refractivity contribution is 5.81. The van der Waals surface area contributed by atoms with Crippen molar-refractivity contribution < 1.29 is 28.6 Å². The molecule has 0 aliphatic rings. The van der Waals surface area contributed by atoms with Crippen LogP contribution in [-0.2, 0) is 19.0 Å². The minimum absolute atomic E-state index is 0.118. The molecule has 150 valence electrons. The van der Waals surface area contributed by atoms with Crippen LogP contribution in [0.25, 0.3) is 0 Å². The SMILES string of the molecule is C=CCOC(=O)NCCC[C@H](NC(=O)OC(C)(C)C)C(=O)OC(C)(C)C. The molecular formula is C18H32N2O6. The molecule has 0 aromatic rings. The van der Waals surface area contributed by atoms with E-state index in [1.54, 1.807) is 41.5 Å². The lowest BCUT2D eigenvalue weighted by Gasteiger charge is -2.26. The summed E-state index contributed by atoms with van der Waals surface area (Å²) in [6, 6.07) is -0.880. The van der Waals surface area contributed by atoms with Crippen molar-refractivity contribution in [2.75, 3.05) is 13.2 Å². The Balaban J connectivity index is 4.63. The van der Waals surface area contributed by atoms with Crippen LogP contribution in [0.3, 0.4) is 0 Å². The highest BCUT2D eigenvalue weighted by Crippen LogP contribution is 2.12. The fraction of sp³-hybridized carbons (Fsp3) is 0.722. The summed E-state index contributed by atoms with van der Waals surface area (Å²) in [5.74, 6) is -0.558. The number of rotatable bonds is 8. The number of carbonyl (C=O) groups is 3. The molecule has 0 unspecified atom stereocenters. The van der Waals surface area contributed by atoms with E-state index in [1.165, 1.54) is 6.08 Å². The second-order valence-corrected chi connectivity index (χ2v) is 7.69. The first-order valence-corrected chi connectivity index (χ1v) is 8.58. The number of ether oxygens (including phenoxy) is 3. The summed E-state index contributed by atoms with van der Waals surface area (Å²) in [4.78, 5) is 35.6. The fourth-order valence-electron chi connectivity index (χ4n) is 1.75. The molecule has 0 aliphatic heterocycles. The number of amides is 2. The molecule has 0 aromatic heterocycles. The molecule has 0 radical (unpaired) electrons. The van der Waals surface area contributed by atoms with Crippen LogP contribution in [-0.4, -0.2) is 48.6 Å². The van der Waals surface area contributed by atoms with Crippen LogP contribution in [0.4, 0.5) is 9.59 Å². The van der Waals surface area contributed by atoms with E-state index < -0.39 is 35.4 Å². The maximum absolute atomic E-state index is 12.3. The predicted molar refractivity (Wildman–Crippen MR) is 97.8 cm³/mol. The standard InChI is InChI=1S/C18H32N2O6/c1-8-12-24-15(22)19-11-9-10-13(14(21)25-17(2,3)4)20-16(23)26-18(5,6)7/h8,13H,1,9-12H2,2-7H3,(H,19,22)(H,20,23)/t13-/m0/s1. The number of hydrogen-bond acceptors (Lipinski definition) is 6. The molecule has 0 spiro atoms. The number of carbonyl (C=O) groups excluding carboxylic acids is 3. The van der Waals surface area contributed by atoms with Gasteiger partial charge >= 0.3 is 18.2 Å². The van der Waals surface area contributed by atoms with Gasteiger partial charge in [-0.1, -0.05) is 12.7 Å². The van der Waals surface area contributed by atoms with Crippen molar-refractivity contribution in [2.45, 2.75) is 71.6 Å². The predicted octanol–water partition coefficient (Wildman–Crippen LogP) is 2.91. The van der Waals surface area contributed by atoms with Crippen LogP contribution in [0.5, 0.6) is 0 Å². The van der Waals surface area contributed by atoms with Gasteiger partial charge in [-0.05, 0) is 54.4 Å². The van der Waals surface area contributed by atoms with E-state index in [1.807, 2.05) is 0 Å². The molecule has 1 atom stereocenters. The minimum atomic E-state index is -0.880. The summed E-state index contributed by atoms with van der Waals surface area (Å²) < 4.78 is 15.3. The number of nitrogens with one attached hydrogen (secondary N) is 2. The zero-order valence-corrected chi connectivity index (χ0v) is 16.6. The van der Waals surface area contributed by atoms with Crippen molar-refractivity contribution in [3.63, 3.8) is 0 Å². The topological polar surface area (TPSA) is 103 Å². The van der Waals surface area contributed by atoms with Gasteiger partial charge in [-0.2, -0.15) is 0 Å². The molecule has 0 aliphatic carbocycles. The Kier molecular flexibility index (Phi) is 9.75. The zero-order chi connectivity index (χ0) is 20.4. The quantitative estimate of drug-likeness (QED) is 0.294. The van der Waals surface area contributed by atoms with Crippen LogP contribution in [0, 0.1) is 0 Å². The average Bonchev–Trinajstić information content (AvgIpc) is 2.44. The smallest absolute Gasteiger partial charge is 0.408 e. The van der Waals surface area contributed by atoms with E-state index >= 15 is 0 Å². The second kappa shape index (κ2) is 10.7. The Bertz CT molecular complexity index is 491. The van der Waals surface area contributed by atoms with Crippen molar-refractivity contribution in [1.82, 2.24) is 10.6 Å². The van der Waals surface area contributed by atoms with Gasteiger partial charge in [0.15, 0.2) is 0 Å². The second-order valence-electron chi connectivity index (χ2n) is 7.69. The summed E-state index contributed by atoms with van der Waals surface area (Å²) in [5.41, 5.74) is -1.36. The van der Waals surface area contributed by atoms with E-state index in [0.29, 0.717) is 6.42 Å². The van der Waals surface area contributed by atoms with Crippen molar-refractivity contribution in [3.05, 3.63) is 12.7 Å². The number of hydrogen-bond donors (Lipinski definition) is 2. The molecule has 2 amide bonds. The Hall–Kier alpha value is -2.25. The molecule has 8 heteroatoms. The molecule has 0 bridgehead atoms. The third-order valence-corrected chi connectivity index (χ3v) is 2.65. The summed E-state index contributed by atoms with van der Waals surface area (Å²) in [6.07, 6.45) is 0.896. The van der Waals surface area contributed by atoms with Crippen molar-refractivity contribution in [3.8, 4) is 0 Å². The Morgan fingerprint density at radius 2 is 1.58 bits per heavy atom. The highest BCUT2D eigenvalue weighted by Gasteiger charge is 2.28. The third kappa shape index (κ3) is 13.1. The first-order valence-electron chi connectivity index (χ1n) is 8.58. The van der Waals surface area contributed by atoms with Gasteiger partial charge in [-0.3, -0.25) is 0 Å². The molecule has 8 nitrogen and oxygen atoms in total. The molecule has 0 saturated carbocycles. The van der Waals surface area contributed by atoms with Crippen LogP contribution in [0.15, 0.2) is 12.7 Å². The lowest BCUT2D eigenvalue weighted by Crippen LogP contribution is -2.46. The first-order chi connectivity index (χ1) is 11.8. The summed E-state index contributed by atoms with van der Waals surface area (Å²) in [7, 11) is 0. The molecule has 0 aromatic carbocycles. The Labute approximate surface area is 155 Å². The van der Waals surface area contributed by atoms with Crippen molar-refractivity contribution in [1.29, 1.82) is 0 Å². The van der Waals surface area contributed by atoms with E-state index in [9.17, 15) is 14.4 Å². The van der Waals surface area contributed by atoms with Gasteiger partial charge in [0.25, 0.3) is 0 Å². The van der Waals surface area contributed by atoms with Crippen LogP contribution in [0.1, 0.15) is 54.4 Å². The average molecular weight is 372 g/mol. The maximum Gasteiger partial charge on any atom is 0.408 e. The van der Waals surface area contributed by atoms with E-state index in [4.69, 9.17) is 14.2 Å². The maximum atomic E-state index is 12.3.